The van der Waals surface area contributed by atoms with Crippen LogP contribution in [-0.2, 0) is 29.4 Å². The minimum absolute atomic E-state index is 0.0368. The number of hydrogen-bond donors (Lipinski definition) is 3. The molecule has 10 nitrogen and oxygen atoms in total. The third-order valence-corrected chi connectivity index (χ3v) is 11.2. The molecule has 2 aliphatic heterocycles. The molecule has 0 unspecified atom stereocenters. The van der Waals surface area contributed by atoms with E-state index in [2.05, 4.69) is 21.4 Å². The Morgan fingerprint density at radius 3 is 2.39 bits per heavy atom. The maximum absolute atomic E-state index is 15.1. The van der Waals surface area contributed by atoms with Gasteiger partial charge >= 0.3 is 5.97 Å². The van der Waals surface area contributed by atoms with Gasteiger partial charge in [0, 0.05) is 33.9 Å². The van der Waals surface area contributed by atoms with Crippen LogP contribution in [-0.4, -0.2) is 56.3 Å². The summed E-state index contributed by atoms with van der Waals surface area (Å²) >= 11 is 9.80. The quantitative estimate of drug-likeness (QED) is 0.194. The summed E-state index contributed by atoms with van der Waals surface area (Å²) in [5.74, 6) is -7.93. The second-order valence-electron chi connectivity index (χ2n) is 12.9. The summed E-state index contributed by atoms with van der Waals surface area (Å²) in [4.78, 5) is 69.7. The van der Waals surface area contributed by atoms with Gasteiger partial charge in [-0.25, -0.2) is 4.39 Å². The zero-order valence-corrected chi connectivity index (χ0v) is 28.2. The highest BCUT2D eigenvalue weighted by Gasteiger charge is 2.70. The van der Waals surface area contributed by atoms with Gasteiger partial charge in [0.15, 0.2) is 0 Å². The Morgan fingerprint density at radius 1 is 0.980 bits per heavy atom. The maximum Gasteiger partial charge on any atom is 0.303 e. The molecule has 13 heteroatoms. The molecule has 0 radical (unpaired) electrons. The van der Waals surface area contributed by atoms with Gasteiger partial charge in [-0.1, -0.05) is 51.3 Å². The number of phenolic OH excluding ortho intramolecular Hbond substituents is 1. The molecule has 0 bridgehead atoms. The number of aliphatic carboxylic acids is 1. The molecule has 4 aliphatic rings. The summed E-state index contributed by atoms with van der Waals surface area (Å²) < 4.78 is 14.4. The van der Waals surface area contributed by atoms with E-state index in [1.54, 1.807) is 36.4 Å². The predicted molar refractivity (Wildman–Crippen MR) is 178 cm³/mol. The number of carboxylic acid groups (broad SMARTS) is 1. The Bertz CT molecular complexity index is 1940. The Kier molecular flexibility index (Phi) is 8.35. The van der Waals surface area contributed by atoms with Crippen molar-refractivity contribution in [1.29, 1.82) is 0 Å². The number of carboxylic acids is 1. The number of nitrogens with zero attached hydrogens (tertiary/aromatic N) is 2. The predicted octanol–water partition coefficient (Wildman–Crippen LogP) is 5.80. The highest BCUT2D eigenvalue weighted by atomic mass is 79.9. The number of nitrogens with one attached hydrogen (secondary N) is 1. The van der Waals surface area contributed by atoms with Crippen LogP contribution in [0.2, 0.25) is 5.02 Å². The largest absolute Gasteiger partial charge is 0.508 e. The van der Waals surface area contributed by atoms with Gasteiger partial charge in [-0.05, 0) is 85.3 Å². The van der Waals surface area contributed by atoms with Gasteiger partial charge in [0.05, 0.1) is 28.9 Å². The summed E-state index contributed by atoms with van der Waals surface area (Å²) in [5, 5.41) is 21.9. The van der Waals surface area contributed by atoms with E-state index < -0.39 is 64.5 Å². The molecule has 3 N–H and O–H groups in total. The summed E-state index contributed by atoms with van der Waals surface area (Å²) in [5.41, 5.74) is 3.02. The van der Waals surface area contributed by atoms with Crippen LogP contribution in [0.4, 0.5) is 10.1 Å². The second-order valence-corrected chi connectivity index (χ2v) is 14.3. The monoisotopic (exact) mass is 749 g/mol. The molecule has 2 aliphatic carbocycles. The van der Waals surface area contributed by atoms with E-state index in [9.17, 15) is 28.7 Å². The average molecular weight is 751 g/mol. The van der Waals surface area contributed by atoms with Crippen molar-refractivity contribution in [3.05, 3.63) is 105 Å². The van der Waals surface area contributed by atoms with Crippen LogP contribution in [0.25, 0.3) is 0 Å². The van der Waals surface area contributed by atoms with E-state index in [1.165, 1.54) is 30.3 Å². The Labute approximate surface area is 293 Å². The van der Waals surface area contributed by atoms with Gasteiger partial charge < -0.3 is 10.2 Å². The third-order valence-electron chi connectivity index (χ3n) is 10.4. The zero-order chi connectivity index (χ0) is 34.8. The van der Waals surface area contributed by atoms with Crippen LogP contribution in [0.5, 0.6) is 5.75 Å². The number of imide groups is 2. The fourth-order valence-corrected chi connectivity index (χ4v) is 8.94. The molecule has 3 aromatic rings. The van der Waals surface area contributed by atoms with E-state index in [4.69, 9.17) is 16.7 Å². The first-order valence-electron chi connectivity index (χ1n) is 15.9. The van der Waals surface area contributed by atoms with Crippen molar-refractivity contribution < 1.29 is 38.6 Å². The molecular formula is C36H30BrClFN3O7. The molecule has 7 rings (SSSR count). The number of amides is 4. The maximum atomic E-state index is 15.1. The van der Waals surface area contributed by atoms with Gasteiger partial charge in [0.25, 0.3) is 11.8 Å². The number of carbonyl (C=O) groups is 5. The number of hydrazine groups is 1. The van der Waals surface area contributed by atoms with Crippen LogP contribution < -0.4 is 5.43 Å². The van der Waals surface area contributed by atoms with Crippen LogP contribution in [0.15, 0.2) is 82.9 Å². The second kappa shape index (κ2) is 12.4. The summed E-state index contributed by atoms with van der Waals surface area (Å²) in [7, 11) is 0. The lowest BCUT2D eigenvalue weighted by Crippen LogP contribution is -2.53. The molecule has 1 saturated carbocycles. The molecule has 3 aromatic carbocycles. The van der Waals surface area contributed by atoms with Gasteiger partial charge in [0.2, 0.25) is 11.8 Å². The number of benzene rings is 3. The van der Waals surface area contributed by atoms with Crippen LogP contribution >= 0.6 is 27.5 Å². The molecule has 2 heterocycles. The number of fused-ring (bicyclic) bond motifs is 4. The number of carbonyl (C=O) groups excluding carboxylic acids is 4. The first kappa shape index (κ1) is 33.0. The lowest BCUT2D eigenvalue weighted by Gasteiger charge is -2.50. The summed E-state index contributed by atoms with van der Waals surface area (Å²) in [6.07, 6.45) is 1.98. The van der Waals surface area contributed by atoms with E-state index in [1.807, 2.05) is 6.08 Å². The molecular weight excluding hydrogens is 721 g/mol. The van der Waals surface area contributed by atoms with Gasteiger partial charge in [0.1, 0.15) is 11.6 Å². The smallest absolute Gasteiger partial charge is 0.303 e. The van der Waals surface area contributed by atoms with E-state index in [-0.39, 0.29) is 43.9 Å². The van der Waals surface area contributed by atoms with Crippen molar-refractivity contribution in [2.75, 3.05) is 12.0 Å². The normalized spacial score (nSPS) is 27.5. The van der Waals surface area contributed by atoms with Crippen molar-refractivity contribution in [2.45, 2.75) is 37.0 Å². The fraction of sp³-hybridized carbons (Fsp3) is 0.306. The highest BCUT2D eigenvalue weighted by Crippen LogP contribution is 2.65. The topological polar surface area (TPSA) is 144 Å². The minimum Gasteiger partial charge on any atom is -0.508 e. The number of likely N-dealkylation sites (tertiary alicyclic amines) is 1. The number of rotatable bonds is 8. The Hall–Kier alpha value is -4.55. The van der Waals surface area contributed by atoms with Crippen LogP contribution in [0, 0.1) is 29.5 Å². The first-order valence-corrected chi connectivity index (χ1v) is 17.0. The number of aromatic hydroxyl groups is 1. The Morgan fingerprint density at radius 2 is 1.69 bits per heavy atom. The molecule has 3 fully saturated rings. The number of hydrogen-bond acceptors (Lipinski definition) is 7. The van der Waals surface area contributed by atoms with E-state index in [0.717, 1.165) is 9.91 Å². The molecule has 2 saturated heterocycles. The van der Waals surface area contributed by atoms with E-state index >= 15 is 4.79 Å². The number of phenols is 1. The van der Waals surface area contributed by atoms with Crippen molar-refractivity contribution >= 4 is 62.8 Å². The summed E-state index contributed by atoms with van der Waals surface area (Å²) in [6, 6.07) is 16.6. The zero-order valence-electron chi connectivity index (χ0n) is 25.8. The van der Waals surface area contributed by atoms with Gasteiger partial charge in [-0.15, -0.1) is 0 Å². The highest BCUT2D eigenvalue weighted by molar-refractivity contribution is 9.10. The van der Waals surface area contributed by atoms with E-state index in [0.29, 0.717) is 31.9 Å². The average Bonchev–Trinajstić information content (AvgIpc) is 3.44. The number of allylic oxidation sites excluding steroid dienone is 2. The summed E-state index contributed by atoms with van der Waals surface area (Å²) in [6.45, 7) is -0.0419. The molecule has 252 valence electrons. The number of halogens is 3. The van der Waals surface area contributed by atoms with Crippen molar-refractivity contribution in [3.8, 4) is 5.75 Å². The van der Waals surface area contributed by atoms with Crippen LogP contribution in [0.3, 0.4) is 0 Å². The lowest BCUT2D eigenvalue weighted by atomic mass is 9.49. The van der Waals surface area contributed by atoms with Gasteiger partial charge in [-0.2, -0.15) is 5.01 Å². The lowest BCUT2D eigenvalue weighted by molar-refractivity contribution is -0.142. The SMILES string of the molecule is O=C(O)CCCN1C(=O)[C@H]2[C@H](CC=C3[C@H]2C[C@H]2C(=O)N(Nc4ccc(F)cc4)C(=O)[C@@]2(c2ccc(Cl)cc2)[C@H]3c2cc(Br)ccc2O)C1=O. The standard InChI is InChI=1S/C36H30BrClFN3O7/c37-19-5-14-28(43)26(16-19)31-23-12-13-24-30(34(48)41(32(24)46)15-1-2-29(44)45)25(23)17-27-33(47)42(40-22-10-8-21(39)9-11-22)35(49)36(27,31)18-3-6-20(38)7-4-18/h3-12,14,16,24-25,27,30-31,40,43H,1-2,13,15,17H2,(H,44,45)/t24-,25+,27-,30-,31+,36+/m0/s1. The third kappa shape index (κ3) is 5.23. The fourth-order valence-electron chi connectivity index (χ4n) is 8.43. The minimum atomic E-state index is -1.63. The molecule has 4 amide bonds. The van der Waals surface area contributed by atoms with Crippen molar-refractivity contribution in [3.63, 3.8) is 0 Å². The molecule has 0 aromatic heterocycles. The number of anilines is 1. The first-order chi connectivity index (χ1) is 23.4. The molecule has 49 heavy (non-hydrogen) atoms. The Balaban J connectivity index is 1.41. The van der Waals surface area contributed by atoms with Crippen LogP contribution in [0.1, 0.15) is 42.7 Å². The van der Waals surface area contributed by atoms with Crippen molar-refractivity contribution in [1.82, 2.24) is 9.91 Å². The van der Waals surface area contributed by atoms with Gasteiger partial charge in [-0.3, -0.25) is 34.3 Å². The van der Waals surface area contributed by atoms with Crippen molar-refractivity contribution in [2.24, 2.45) is 23.7 Å². The molecule has 6 atom stereocenters. The molecule has 0 spiro atoms.